The Kier molecular flexibility index (Phi) is 4.34. The van der Waals surface area contributed by atoms with Crippen molar-refractivity contribution in [1.82, 2.24) is 24.9 Å². The minimum absolute atomic E-state index is 0.278. The standard InChI is InChI=1S/C17H29N5/c1-14(2)19-8-10-21(12-19)16-6-5-7-17(18-16)22-11-9-20(13-22)15(3)4/h5-6,8-11,14-18H,7,12-13H2,1-4H3. The maximum absolute atomic E-state index is 3.77. The SMILES string of the molecule is CC(C)N1C=CN(C2C=CCC(N3C=CN(C(C)C)C3)N2)C1. The fourth-order valence-corrected chi connectivity index (χ4v) is 3.06. The van der Waals surface area contributed by atoms with Crippen molar-refractivity contribution in [2.24, 2.45) is 0 Å². The zero-order chi connectivity index (χ0) is 15.7. The molecule has 2 atom stereocenters. The van der Waals surface area contributed by atoms with Crippen LogP contribution in [0.4, 0.5) is 0 Å². The lowest BCUT2D eigenvalue weighted by Crippen LogP contribution is -2.55. The molecule has 3 heterocycles. The van der Waals surface area contributed by atoms with Crippen LogP contribution in [0.3, 0.4) is 0 Å². The van der Waals surface area contributed by atoms with Crippen molar-refractivity contribution in [1.29, 1.82) is 0 Å². The number of rotatable bonds is 4. The van der Waals surface area contributed by atoms with E-state index in [-0.39, 0.29) is 6.17 Å². The average Bonchev–Trinajstić information content (AvgIpc) is 3.17. The van der Waals surface area contributed by atoms with Crippen LogP contribution in [-0.2, 0) is 0 Å². The van der Waals surface area contributed by atoms with E-state index in [1.165, 1.54) is 0 Å². The molecule has 0 aliphatic carbocycles. The number of hydrogen-bond donors (Lipinski definition) is 1. The van der Waals surface area contributed by atoms with Gasteiger partial charge in [0, 0.05) is 36.9 Å². The van der Waals surface area contributed by atoms with E-state index in [2.05, 4.69) is 89.6 Å². The van der Waals surface area contributed by atoms with Gasteiger partial charge in [-0.3, -0.25) is 5.32 Å². The molecule has 1 N–H and O–H groups in total. The first-order valence-corrected chi connectivity index (χ1v) is 8.37. The van der Waals surface area contributed by atoms with Gasteiger partial charge in [0.25, 0.3) is 0 Å². The summed E-state index contributed by atoms with van der Waals surface area (Å²) in [7, 11) is 0. The summed E-state index contributed by atoms with van der Waals surface area (Å²) in [5, 5.41) is 3.77. The van der Waals surface area contributed by atoms with E-state index in [4.69, 9.17) is 0 Å². The molecule has 0 bridgehead atoms. The van der Waals surface area contributed by atoms with E-state index < -0.39 is 0 Å². The van der Waals surface area contributed by atoms with E-state index in [0.29, 0.717) is 18.2 Å². The van der Waals surface area contributed by atoms with Crippen LogP contribution < -0.4 is 5.32 Å². The zero-order valence-electron chi connectivity index (χ0n) is 14.2. The summed E-state index contributed by atoms with van der Waals surface area (Å²) in [6.07, 6.45) is 15.1. The Balaban J connectivity index is 1.57. The van der Waals surface area contributed by atoms with Gasteiger partial charge < -0.3 is 19.6 Å². The van der Waals surface area contributed by atoms with Crippen molar-refractivity contribution in [3.8, 4) is 0 Å². The summed E-state index contributed by atoms with van der Waals surface area (Å²) in [6, 6.07) is 1.10. The van der Waals surface area contributed by atoms with Crippen LogP contribution in [0, 0.1) is 0 Å². The van der Waals surface area contributed by atoms with Crippen molar-refractivity contribution in [3.63, 3.8) is 0 Å². The van der Waals surface area contributed by atoms with Crippen LogP contribution in [0.1, 0.15) is 34.1 Å². The molecular weight excluding hydrogens is 274 g/mol. The number of hydrogen-bond acceptors (Lipinski definition) is 5. The second-order valence-corrected chi connectivity index (χ2v) is 6.91. The van der Waals surface area contributed by atoms with E-state index >= 15 is 0 Å². The van der Waals surface area contributed by atoms with Gasteiger partial charge >= 0.3 is 0 Å². The second-order valence-electron chi connectivity index (χ2n) is 6.91. The first kappa shape index (κ1) is 15.3. The highest BCUT2D eigenvalue weighted by Crippen LogP contribution is 2.20. The molecule has 0 aromatic heterocycles. The summed E-state index contributed by atoms with van der Waals surface area (Å²) >= 11 is 0. The highest BCUT2D eigenvalue weighted by molar-refractivity contribution is 5.08. The minimum Gasteiger partial charge on any atom is -0.356 e. The largest absolute Gasteiger partial charge is 0.356 e. The smallest absolute Gasteiger partial charge is 0.101 e. The fraction of sp³-hybridized carbons (Fsp3) is 0.647. The molecular formula is C17H29N5. The van der Waals surface area contributed by atoms with Gasteiger partial charge in [0.05, 0.1) is 19.5 Å². The third-order valence-corrected chi connectivity index (χ3v) is 4.68. The van der Waals surface area contributed by atoms with Crippen molar-refractivity contribution in [3.05, 3.63) is 37.0 Å². The molecule has 0 spiro atoms. The molecule has 2 unspecified atom stereocenters. The van der Waals surface area contributed by atoms with Crippen LogP contribution >= 0.6 is 0 Å². The van der Waals surface area contributed by atoms with Gasteiger partial charge in [-0.1, -0.05) is 12.2 Å². The molecule has 0 fully saturated rings. The molecule has 0 aromatic carbocycles. The lowest BCUT2D eigenvalue weighted by molar-refractivity contribution is 0.117. The average molecular weight is 303 g/mol. The quantitative estimate of drug-likeness (QED) is 0.802. The molecule has 0 amide bonds. The first-order valence-electron chi connectivity index (χ1n) is 8.37. The van der Waals surface area contributed by atoms with Crippen LogP contribution in [0.5, 0.6) is 0 Å². The lowest BCUT2D eigenvalue weighted by atomic mass is 10.2. The molecule has 22 heavy (non-hydrogen) atoms. The van der Waals surface area contributed by atoms with Gasteiger partial charge in [0.2, 0.25) is 0 Å². The Bertz CT molecular complexity index is 468. The first-order chi connectivity index (χ1) is 10.5. The molecule has 3 rings (SSSR count). The van der Waals surface area contributed by atoms with E-state index in [1.807, 2.05) is 0 Å². The maximum atomic E-state index is 3.77. The predicted molar refractivity (Wildman–Crippen MR) is 90.1 cm³/mol. The minimum atomic E-state index is 0.278. The molecule has 3 aliphatic heterocycles. The molecule has 5 nitrogen and oxygen atoms in total. The van der Waals surface area contributed by atoms with Crippen LogP contribution in [0.15, 0.2) is 37.0 Å². The van der Waals surface area contributed by atoms with Gasteiger partial charge in [-0.15, -0.1) is 0 Å². The van der Waals surface area contributed by atoms with Crippen LogP contribution in [0.25, 0.3) is 0 Å². The second kappa shape index (κ2) is 6.24. The Morgan fingerprint density at radius 1 is 0.864 bits per heavy atom. The van der Waals surface area contributed by atoms with Crippen LogP contribution in [-0.4, -0.2) is 57.4 Å². The molecule has 5 heteroatoms. The highest BCUT2D eigenvalue weighted by Gasteiger charge is 2.28. The van der Waals surface area contributed by atoms with E-state index in [9.17, 15) is 0 Å². The van der Waals surface area contributed by atoms with Crippen molar-refractivity contribution in [2.75, 3.05) is 13.3 Å². The van der Waals surface area contributed by atoms with E-state index in [1.54, 1.807) is 0 Å². The van der Waals surface area contributed by atoms with Crippen LogP contribution in [0.2, 0.25) is 0 Å². The summed E-state index contributed by atoms with van der Waals surface area (Å²) in [6.45, 7) is 10.9. The Morgan fingerprint density at radius 3 is 2.05 bits per heavy atom. The summed E-state index contributed by atoms with van der Waals surface area (Å²) < 4.78 is 0. The Labute approximate surface area is 134 Å². The van der Waals surface area contributed by atoms with Gasteiger partial charge in [-0.2, -0.15) is 0 Å². The Morgan fingerprint density at radius 2 is 1.45 bits per heavy atom. The molecule has 3 aliphatic rings. The van der Waals surface area contributed by atoms with E-state index in [0.717, 1.165) is 19.8 Å². The zero-order valence-corrected chi connectivity index (χ0v) is 14.2. The number of nitrogens with zero attached hydrogens (tertiary/aromatic N) is 4. The summed E-state index contributed by atoms with van der Waals surface area (Å²) in [5.74, 6) is 0. The molecule has 0 saturated heterocycles. The third kappa shape index (κ3) is 3.09. The Hall–Kier alpha value is -1.62. The molecule has 122 valence electrons. The number of nitrogens with one attached hydrogen (secondary N) is 1. The lowest BCUT2D eigenvalue weighted by Gasteiger charge is -2.39. The van der Waals surface area contributed by atoms with Crippen molar-refractivity contribution < 1.29 is 0 Å². The van der Waals surface area contributed by atoms with Gasteiger partial charge in [-0.25, -0.2) is 0 Å². The predicted octanol–water partition coefficient (Wildman–Crippen LogP) is 2.10. The molecule has 0 aromatic rings. The van der Waals surface area contributed by atoms with Crippen molar-refractivity contribution >= 4 is 0 Å². The third-order valence-electron chi connectivity index (χ3n) is 4.68. The van der Waals surface area contributed by atoms with Gasteiger partial charge in [0.15, 0.2) is 0 Å². The topological polar surface area (TPSA) is 25.0 Å². The van der Waals surface area contributed by atoms with Crippen molar-refractivity contribution in [2.45, 2.75) is 58.5 Å². The highest BCUT2D eigenvalue weighted by atomic mass is 15.5. The van der Waals surface area contributed by atoms with Gasteiger partial charge in [-0.05, 0) is 34.1 Å². The fourth-order valence-electron chi connectivity index (χ4n) is 3.06. The summed E-state index contributed by atoms with van der Waals surface area (Å²) in [4.78, 5) is 9.49. The summed E-state index contributed by atoms with van der Waals surface area (Å²) in [5.41, 5.74) is 0. The molecule has 0 saturated carbocycles. The maximum Gasteiger partial charge on any atom is 0.101 e. The van der Waals surface area contributed by atoms with Gasteiger partial charge in [0.1, 0.15) is 6.17 Å². The normalized spacial score (nSPS) is 28.1. The molecule has 0 radical (unpaired) electrons. The monoisotopic (exact) mass is 303 g/mol.